The summed E-state index contributed by atoms with van der Waals surface area (Å²) in [5.41, 5.74) is 0. The molecule has 3 heteroatoms. The molecule has 1 heterocycles. The molecule has 0 N–H and O–H groups in total. The highest BCUT2D eigenvalue weighted by molar-refractivity contribution is 6.62. The molecule has 2 nitrogen and oxygen atoms in total. The molecule has 11 heavy (non-hydrogen) atoms. The highest BCUT2D eigenvalue weighted by Gasteiger charge is 2.26. The first-order chi connectivity index (χ1) is 5.13. The van der Waals surface area contributed by atoms with Gasteiger partial charge in [-0.15, -0.1) is 0 Å². The van der Waals surface area contributed by atoms with Crippen LogP contribution in [-0.4, -0.2) is 22.9 Å². The van der Waals surface area contributed by atoms with Crippen LogP contribution >= 0.6 is 11.6 Å². The summed E-state index contributed by atoms with van der Waals surface area (Å²) in [6.45, 7) is 5.05. The van der Waals surface area contributed by atoms with Gasteiger partial charge in [0.2, 0.25) is 0 Å². The summed E-state index contributed by atoms with van der Waals surface area (Å²) in [5, 5.41) is -0.302. The molecular weight excluding hydrogens is 162 g/mol. The minimum atomic E-state index is -0.302. The first kappa shape index (κ1) is 8.85. The monoisotopic (exact) mass is 175 g/mol. The first-order valence-electron chi connectivity index (χ1n) is 4.09. The van der Waals surface area contributed by atoms with E-state index in [4.69, 9.17) is 11.6 Å². The Morgan fingerprint density at radius 2 is 2.18 bits per heavy atom. The lowest BCUT2D eigenvalue weighted by Gasteiger charge is -2.36. The summed E-state index contributed by atoms with van der Waals surface area (Å²) in [7, 11) is 0. The Kier molecular flexibility index (Phi) is 2.77. The number of carbonyl (C=O) groups is 1. The smallest absolute Gasteiger partial charge is 0.316 e. The van der Waals surface area contributed by atoms with Gasteiger partial charge in [-0.05, 0) is 37.3 Å². The highest BCUT2D eigenvalue weighted by Crippen LogP contribution is 2.23. The van der Waals surface area contributed by atoms with Crippen molar-refractivity contribution in [3.05, 3.63) is 0 Å². The second-order valence-electron chi connectivity index (χ2n) is 3.31. The number of likely N-dealkylation sites (tertiary alicyclic amines) is 1. The van der Waals surface area contributed by atoms with Crippen LogP contribution in [-0.2, 0) is 0 Å². The number of piperidine rings is 1. The van der Waals surface area contributed by atoms with E-state index < -0.39 is 0 Å². The molecule has 64 valence electrons. The SMILES string of the molecule is CC1CCCN(C(=O)Cl)C1C. The van der Waals surface area contributed by atoms with Crippen molar-refractivity contribution >= 4 is 17.0 Å². The fraction of sp³-hybridized carbons (Fsp3) is 0.875. The van der Waals surface area contributed by atoms with E-state index in [9.17, 15) is 4.79 Å². The number of rotatable bonds is 0. The van der Waals surface area contributed by atoms with E-state index in [2.05, 4.69) is 13.8 Å². The number of hydrogen-bond acceptors (Lipinski definition) is 1. The van der Waals surface area contributed by atoms with E-state index in [-0.39, 0.29) is 5.37 Å². The van der Waals surface area contributed by atoms with Gasteiger partial charge < -0.3 is 4.90 Å². The van der Waals surface area contributed by atoms with Crippen LogP contribution in [0, 0.1) is 5.92 Å². The van der Waals surface area contributed by atoms with Gasteiger partial charge in [-0.3, -0.25) is 4.79 Å². The minimum Gasteiger partial charge on any atom is -0.326 e. The van der Waals surface area contributed by atoms with E-state index in [1.807, 2.05) is 0 Å². The van der Waals surface area contributed by atoms with Crippen molar-refractivity contribution in [2.24, 2.45) is 5.92 Å². The molecule has 0 bridgehead atoms. The van der Waals surface area contributed by atoms with Crippen molar-refractivity contribution in [2.45, 2.75) is 32.7 Å². The molecule has 0 aromatic heterocycles. The minimum absolute atomic E-state index is 0.302. The molecule has 1 fully saturated rings. The van der Waals surface area contributed by atoms with Crippen LogP contribution in [0.25, 0.3) is 0 Å². The molecule has 0 spiro atoms. The largest absolute Gasteiger partial charge is 0.326 e. The zero-order valence-corrected chi connectivity index (χ0v) is 7.77. The van der Waals surface area contributed by atoms with Crippen LogP contribution in [0.2, 0.25) is 0 Å². The molecule has 1 amide bonds. The molecule has 1 aliphatic heterocycles. The van der Waals surface area contributed by atoms with Gasteiger partial charge in [-0.2, -0.15) is 0 Å². The average Bonchev–Trinajstić information content (AvgIpc) is 1.94. The molecule has 0 aliphatic carbocycles. The number of halogens is 1. The fourth-order valence-corrected chi connectivity index (χ4v) is 1.82. The normalized spacial score (nSPS) is 32.1. The zero-order chi connectivity index (χ0) is 8.43. The second kappa shape index (κ2) is 3.44. The molecule has 0 radical (unpaired) electrons. The summed E-state index contributed by atoms with van der Waals surface area (Å²) in [5.74, 6) is 0.589. The first-order valence-corrected chi connectivity index (χ1v) is 4.47. The lowest BCUT2D eigenvalue weighted by molar-refractivity contribution is 0.146. The number of hydrogen-bond donors (Lipinski definition) is 0. The van der Waals surface area contributed by atoms with Crippen molar-refractivity contribution in [3.8, 4) is 0 Å². The topological polar surface area (TPSA) is 20.3 Å². The lowest BCUT2D eigenvalue weighted by atomic mass is 9.93. The van der Waals surface area contributed by atoms with E-state index in [0.29, 0.717) is 12.0 Å². The predicted octanol–water partition coefficient (Wildman–Crippen LogP) is 2.47. The number of amides is 1. The Morgan fingerprint density at radius 3 is 2.64 bits per heavy atom. The summed E-state index contributed by atoms with van der Waals surface area (Å²) >= 11 is 5.40. The van der Waals surface area contributed by atoms with Crippen LogP contribution in [0.1, 0.15) is 26.7 Å². The van der Waals surface area contributed by atoms with Crippen molar-refractivity contribution in [2.75, 3.05) is 6.54 Å². The summed E-state index contributed by atoms with van der Waals surface area (Å²) < 4.78 is 0. The molecular formula is C8H14ClNO. The third-order valence-corrected chi connectivity index (χ3v) is 2.82. The Hall–Kier alpha value is -0.240. The third kappa shape index (κ3) is 1.86. The second-order valence-corrected chi connectivity index (χ2v) is 3.63. The molecule has 0 aromatic carbocycles. The Labute approximate surface area is 72.5 Å². The van der Waals surface area contributed by atoms with Crippen molar-refractivity contribution < 1.29 is 4.79 Å². The highest BCUT2D eigenvalue weighted by atomic mass is 35.5. The van der Waals surface area contributed by atoms with Gasteiger partial charge >= 0.3 is 5.37 Å². The zero-order valence-electron chi connectivity index (χ0n) is 7.01. The van der Waals surface area contributed by atoms with E-state index in [0.717, 1.165) is 13.0 Å². The van der Waals surface area contributed by atoms with Gasteiger partial charge in [0.05, 0.1) is 0 Å². The van der Waals surface area contributed by atoms with E-state index in [1.54, 1.807) is 4.90 Å². The molecule has 1 rings (SSSR count). The Bertz CT molecular complexity index is 160. The summed E-state index contributed by atoms with van der Waals surface area (Å²) in [6.07, 6.45) is 2.30. The van der Waals surface area contributed by atoms with Gasteiger partial charge in [0.25, 0.3) is 0 Å². The molecule has 1 aliphatic rings. The predicted molar refractivity (Wildman–Crippen MR) is 45.8 cm³/mol. The summed E-state index contributed by atoms with van der Waals surface area (Å²) in [4.78, 5) is 12.6. The molecule has 0 aromatic rings. The van der Waals surface area contributed by atoms with Crippen molar-refractivity contribution in [1.82, 2.24) is 4.90 Å². The maximum Gasteiger partial charge on any atom is 0.316 e. The number of carbonyl (C=O) groups excluding carboxylic acids is 1. The summed E-state index contributed by atoms with van der Waals surface area (Å²) in [6, 6.07) is 0.314. The van der Waals surface area contributed by atoms with Crippen LogP contribution in [0.15, 0.2) is 0 Å². The van der Waals surface area contributed by atoms with E-state index >= 15 is 0 Å². The van der Waals surface area contributed by atoms with E-state index in [1.165, 1.54) is 6.42 Å². The Morgan fingerprint density at radius 1 is 1.55 bits per heavy atom. The average molecular weight is 176 g/mol. The van der Waals surface area contributed by atoms with Gasteiger partial charge in [-0.25, -0.2) is 0 Å². The quantitative estimate of drug-likeness (QED) is 0.409. The van der Waals surface area contributed by atoms with Gasteiger partial charge in [0.1, 0.15) is 0 Å². The molecule has 2 atom stereocenters. The van der Waals surface area contributed by atoms with Gasteiger partial charge in [0, 0.05) is 12.6 Å². The van der Waals surface area contributed by atoms with Crippen molar-refractivity contribution in [1.29, 1.82) is 0 Å². The number of nitrogens with zero attached hydrogens (tertiary/aromatic N) is 1. The molecule has 1 saturated heterocycles. The molecule has 0 saturated carbocycles. The lowest BCUT2D eigenvalue weighted by Crippen LogP contribution is -2.43. The fourth-order valence-electron chi connectivity index (χ4n) is 1.58. The maximum absolute atomic E-state index is 10.8. The van der Waals surface area contributed by atoms with Gasteiger partial charge in [-0.1, -0.05) is 6.92 Å². The van der Waals surface area contributed by atoms with Crippen LogP contribution < -0.4 is 0 Å². The van der Waals surface area contributed by atoms with Crippen molar-refractivity contribution in [3.63, 3.8) is 0 Å². The molecule has 2 unspecified atom stereocenters. The standard InChI is InChI=1S/C8H14ClNO/c1-6-4-3-5-10(7(6)2)8(9)11/h6-7H,3-5H2,1-2H3. The van der Waals surface area contributed by atoms with Crippen LogP contribution in [0.3, 0.4) is 0 Å². The Balaban J connectivity index is 2.58. The maximum atomic E-state index is 10.8. The third-order valence-electron chi connectivity index (χ3n) is 2.60. The van der Waals surface area contributed by atoms with Gasteiger partial charge in [0.15, 0.2) is 0 Å². The van der Waals surface area contributed by atoms with Crippen LogP contribution in [0.5, 0.6) is 0 Å². The van der Waals surface area contributed by atoms with Crippen LogP contribution in [0.4, 0.5) is 4.79 Å².